The van der Waals surface area contributed by atoms with Crippen molar-refractivity contribution in [2.45, 2.75) is 20.3 Å². The van der Waals surface area contributed by atoms with Gasteiger partial charge in [0.15, 0.2) is 0 Å². The highest BCUT2D eigenvalue weighted by Crippen LogP contribution is 2.35. The number of anilines is 2. The molecule has 4 aromatic rings. The van der Waals surface area contributed by atoms with Crippen LogP contribution in [0, 0.1) is 6.92 Å². The molecule has 4 nitrogen and oxygen atoms in total. The number of nitrogens with one attached hydrogen (secondary N) is 1. The highest BCUT2D eigenvalue weighted by atomic mass is 32.1. The zero-order chi connectivity index (χ0) is 16.5. The van der Waals surface area contributed by atoms with Crippen LogP contribution in [0.2, 0.25) is 0 Å². The standard InChI is InChI=1S/C19H18N4S/c1-3-14-8-4-7-13(2)16(14)21-18-17(15-9-5-12-24-15)22-19-20-10-6-11-23(18)19/h4-12,21H,3H2,1-2H3. The second-order valence-electron chi connectivity index (χ2n) is 5.66. The van der Waals surface area contributed by atoms with E-state index in [0.29, 0.717) is 5.78 Å². The number of fused-ring (bicyclic) bond motifs is 1. The van der Waals surface area contributed by atoms with E-state index in [1.54, 1.807) is 17.5 Å². The molecule has 0 saturated carbocycles. The van der Waals surface area contributed by atoms with E-state index < -0.39 is 0 Å². The lowest BCUT2D eigenvalue weighted by Crippen LogP contribution is -2.02. The van der Waals surface area contributed by atoms with Crippen molar-refractivity contribution < 1.29 is 0 Å². The SMILES string of the molecule is CCc1cccc(C)c1Nc1c(-c2cccs2)nc2ncccn12. The molecule has 0 saturated heterocycles. The Morgan fingerprint density at radius 2 is 2.08 bits per heavy atom. The Labute approximate surface area is 144 Å². The molecule has 0 unspecified atom stereocenters. The Balaban J connectivity index is 1.92. The molecule has 0 atom stereocenters. The number of nitrogens with zero attached hydrogens (tertiary/aromatic N) is 3. The van der Waals surface area contributed by atoms with Gasteiger partial charge in [-0.25, -0.2) is 9.97 Å². The molecule has 0 aliphatic rings. The van der Waals surface area contributed by atoms with Crippen LogP contribution in [-0.2, 0) is 6.42 Å². The first kappa shape index (κ1) is 14.9. The summed E-state index contributed by atoms with van der Waals surface area (Å²) >= 11 is 1.69. The van der Waals surface area contributed by atoms with Crippen LogP contribution in [0.25, 0.3) is 16.3 Å². The topological polar surface area (TPSA) is 42.2 Å². The first-order valence-electron chi connectivity index (χ1n) is 8.00. The lowest BCUT2D eigenvalue weighted by atomic mass is 10.1. The van der Waals surface area contributed by atoms with E-state index >= 15 is 0 Å². The average Bonchev–Trinajstić information content (AvgIpc) is 3.24. The zero-order valence-electron chi connectivity index (χ0n) is 13.7. The third-order valence-corrected chi connectivity index (χ3v) is 5.02. The molecule has 1 N–H and O–H groups in total. The summed E-state index contributed by atoms with van der Waals surface area (Å²) in [5, 5.41) is 5.71. The van der Waals surface area contributed by atoms with E-state index in [9.17, 15) is 0 Å². The lowest BCUT2D eigenvalue weighted by Gasteiger charge is -2.14. The highest BCUT2D eigenvalue weighted by molar-refractivity contribution is 7.13. The molecule has 0 spiro atoms. The van der Waals surface area contributed by atoms with Crippen molar-refractivity contribution in [3.05, 3.63) is 65.3 Å². The summed E-state index contributed by atoms with van der Waals surface area (Å²) in [6.45, 7) is 4.31. The minimum atomic E-state index is 0.704. The monoisotopic (exact) mass is 334 g/mol. The molecule has 0 aliphatic heterocycles. The second-order valence-corrected chi connectivity index (χ2v) is 6.61. The fourth-order valence-electron chi connectivity index (χ4n) is 2.91. The summed E-state index contributed by atoms with van der Waals surface area (Å²) in [6.07, 6.45) is 4.75. The number of benzene rings is 1. The number of hydrogen-bond donors (Lipinski definition) is 1. The maximum absolute atomic E-state index is 4.74. The van der Waals surface area contributed by atoms with Crippen molar-refractivity contribution in [2.24, 2.45) is 0 Å². The minimum absolute atomic E-state index is 0.704. The van der Waals surface area contributed by atoms with E-state index in [-0.39, 0.29) is 0 Å². The quantitative estimate of drug-likeness (QED) is 0.566. The molecule has 5 heteroatoms. The summed E-state index contributed by atoms with van der Waals surface area (Å²) in [5.41, 5.74) is 4.62. The van der Waals surface area contributed by atoms with Gasteiger partial charge in [0.05, 0.1) is 4.88 Å². The third kappa shape index (κ3) is 2.47. The number of rotatable bonds is 4. The van der Waals surface area contributed by atoms with Crippen molar-refractivity contribution in [2.75, 3.05) is 5.32 Å². The number of aromatic nitrogens is 3. The Morgan fingerprint density at radius 3 is 2.88 bits per heavy atom. The average molecular weight is 334 g/mol. The van der Waals surface area contributed by atoms with Gasteiger partial charge in [0.1, 0.15) is 11.5 Å². The van der Waals surface area contributed by atoms with Crippen LogP contribution in [0.3, 0.4) is 0 Å². The molecular formula is C19H18N4S. The molecular weight excluding hydrogens is 316 g/mol. The molecule has 0 radical (unpaired) electrons. The van der Waals surface area contributed by atoms with Crippen molar-refractivity contribution in [3.63, 3.8) is 0 Å². The Hall–Kier alpha value is -2.66. The predicted octanol–water partition coefficient (Wildman–Crippen LogP) is 5.07. The number of para-hydroxylation sites is 1. The van der Waals surface area contributed by atoms with Crippen molar-refractivity contribution in [3.8, 4) is 10.6 Å². The zero-order valence-corrected chi connectivity index (χ0v) is 14.5. The van der Waals surface area contributed by atoms with Crippen LogP contribution in [0.5, 0.6) is 0 Å². The van der Waals surface area contributed by atoms with Gasteiger partial charge in [-0.2, -0.15) is 0 Å². The molecule has 0 bridgehead atoms. The van der Waals surface area contributed by atoms with Gasteiger partial charge in [0, 0.05) is 18.1 Å². The number of thiophene rings is 1. The van der Waals surface area contributed by atoms with Crippen LogP contribution < -0.4 is 5.32 Å². The summed E-state index contributed by atoms with van der Waals surface area (Å²) in [7, 11) is 0. The van der Waals surface area contributed by atoms with E-state index in [1.165, 1.54) is 11.1 Å². The largest absolute Gasteiger partial charge is 0.339 e. The van der Waals surface area contributed by atoms with Crippen molar-refractivity contribution >= 4 is 28.6 Å². The molecule has 1 aromatic carbocycles. The molecule has 0 amide bonds. The van der Waals surface area contributed by atoms with Gasteiger partial charge >= 0.3 is 0 Å². The van der Waals surface area contributed by atoms with Crippen molar-refractivity contribution in [1.82, 2.24) is 14.4 Å². The van der Waals surface area contributed by atoms with Crippen LogP contribution >= 0.6 is 11.3 Å². The summed E-state index contributed by atoms with van der Waals surface area (Å²) in [4.78, 5) is 10.3. The van der Waals surface area contributed by atoms with E-state index in [1.807, 2.05) is 22.7 Å². The lowest BCUT2D eigenvalue weighted by molar-refractivity contribution is 1.10. The summed E-state index contributed by atoms with van der Waals surface area (Å²) in [5.74, 6) is 1.67. The molecule has 3 aromatic heterocycles. The van der Waals surface area contributed by atoms with Gasteiger partial charge in [-0.05, 0) is 42.0 Å². The van der Waals surface area contributed by atoms with Gasteiger partial charge in [0.2, 0.25) is 5.78 Å². The normalized spacial score (nSPS) is 11.1. The van der Waals surface area contributed by atoms with Gasteiger partial charge in [-0.1, -0.05) is 31.2 Å². The Kier molecular flexibility index (Phi) is 3.78. The van der Waals surface area contributed by atoms with Crippen LogP contribution in [-0.4, -0.2) is 14.4 Å². The molecule has 4 rings (SSSR count). The van der Waals surface area contributed by atoms with E-state index in [4.69, 9.17) is 4.98 Å². The first-order valence-corrected chi connectivity index (χ1v) is 8.88. The maximum Gasteiger partial charge on any atom is 0.236 e. The minimum Gasteiger partial charge on any atom is -0.339 e. The van der Waals surface area contributed by atoms with Crippen LogP contribution in [0.15, 0.2) is 54.2 Å². The second kappa shape index (κ2) is 6.09. The predicted molar refractivity (Wildman–Crippen MR) is 100 cm³/mol. The number of aryl methyl sites for hydroxylation is 2. The highest BCUT2D eigenvalue weighted by Gasteiger charge is 2.17. The van der Waals surface area contributed by atoms with Crippen LogP contribution in [0.1, 0.15) is 18.1 Å². The maximum atomic E-state index is 4.74. The van der Waals surface area contributed by atoms with Crippen molar-refractivity contribution in [1.29, 1.82) is 0 Å². The van der Waals surface area contributed by atoms with E-state index in [0.717, 1.165) is 28.5 Å². The van der Waals surface area contributed by atoms with Gasteiger partial charge < -0.3 is 5.32 Å². The molecule has 24 heavy (non-hydrogen) atoms. The van der Waals surface area contributed by atoms with E-state index in [2.05, 4.69) is 53.8 Å². The van der Waals surface area contributed by atoms with Gasteiger partial charge in [-0.3, -0.25) is 4.40 Å². The first-order chi connectivity index (χ1) is 11.8. The number of hydrogen-bond acceptors (Lipinski definition) is 4. The molecule has 0 aliphatic carbocycles. The summed E-state index contributed by atoms with van der Waals surface area (Å²) in [6, 6.07) is 12.5. The third-order valence-electron chi connectivity index (χ3n) is 4.14. The Morgan fingerprint density at radius 1 is 1.17 bits per heavy atom. The summed E-state index contributed by atoms with van der Waals surface area (Å²) < 4.78 is 2.01. The van der Waals surface area contributed by atoms with Gasteiger partial charge in [0.25, 0.3) is 0 Å². The van der Waals surface area contributed by atoms with Gasteiger partial charge in [-0.15, -0.1) is 11.3 Å². The van der Waals surface area contributed by atoms with Crippen LogP contribution in [0.4, 0.5) is 11.5 Å². The fraction of sp³-hybridized carbons (Fsp3) is 0.158. The molecule has 3 heterocycles. The molecule has 120 valence electrons. The smallest absolute Gasteiger partial charge is 0.236 e. The number of imidazole rings is 1. The molecule has 0 fully saturated rings. The Bertz CT molecular complexity index is 986. The fourth-order valence-corrected chi connectivity index (χ4v) is 3.63.